The lowest BCUT2D eigenvalue weighted by atomic mass is 10.1. The minimum absolute atomic E-state index is 0.0267. The van der Waals surface area contributed by atoms with Gasteiger partial charge in [-0.15, -0.1) is 0 Å². The van der Waals surface area contributed by atoms with Gasteiger partial charge in [-0.1, -0.05) is 18.2 Å². The number of carbonyl (C=O) groups excluding carboxylic acids is 2. The molecule has 0 heterocycles. The van der Waals surface area contributed by atoms with Crippen molar-refractivity contribution in [1.29, 1.82) is 0 Å². The number of carbonyl (C=O) groups is 2. The van der Waals surface area contributed by atoms with Gasteiger partial charge in [0.2, 0.25) is 0 Å². The highest BCUT2D eigenvalue weighted by Gasteiger charge is 2.13. The van der Waals surface area contributed by atoms with Crippen LogP contribution in [-0.2, 0) is 19.1 Å². The van der Waals surface area contributed by atoms with Gasteiger partial charge in [-0.25, -0.2) is 9.59 Å². The molecule has 2 aromatic carbocycles. The Morgan fingerprint density at radius 1 is 0.962 bits per heavy atom. The van der Waals surface area contributed by atoms with Crippen molar-refractivity contribution in [2.45, 2.75) is 6.92 Å². The van der Waals surface area contributed by atoms with Gasteiger partial charge in [0, 0.05) is 5.69 Å². The summed E-state index contributed by atoms with van der Waals surface area (Å²) in [7, 11) is 2.46. The van der Waals surface area contributed by atoms with E-state index in [1.165, 1.54) is 14.2 Å². The first-order valence-electron chi connectivity index (χ1n) is 7.76. The molecule has 0 radical (unpaired) electrons. The van der Waals surface area contributed by atoms with Crippen molar-refractivity contribution in [3.8, 4) is 0 Å². The van der Waals surface area contributed by atoms with Gasteiger partial charge in [0.15, 0.2) is 0 Å². The number of rotatable bonds is 6. The number of esters is 2. The molecule has 0 fully saturated rings. The van der Waals surface area contributed by atoms with Crippen LogP contribution in [0.4, 0.5) is 17.1 Å². The normalized spacial score (nSPS) is 11.3. The molecule has 0 aliphatic carbocycles. The second-order valence-electron chi connectivity index (χ2n) is 5.23. The number of ether oxygens (including phenoxy) is 2. The highest BCUT2D eigenvalue weighted by Crippen LogP contribution is 2.25. The third kappa shape index (κ3) is 5.27. The Hall–Kier alpha value is -3.48. The van der Waals surface area contributed by atoms with E-state index >= 15 is 0 Å². The van der Waals surface area contributed by atoms with Crippen molar-refractivity contribution >= 4 is 29.0 Å². The minimum Gasteiger partial charge on any atom is -0.466 e. The predicted molar refractivity (Wildman–Crippen MR) is 97.5 cm³/mol. The highest BCUT2D eigenvalue weighted by atomic mass is 16.5. The maximum absolute atomic E-state index is 11.8. The van der Waals surface area contributed by atoms with Gasteiger partial charge in [0.25, 0.3) is 0 Å². The fraction of sp³-hybridized carbons (Fsp3) is 0.158. The second-order valence-corrected chi connectivity index (χ2v) is 5.23. The molecule has 0 saturated heterocycles. The third-order valence-corrected chi connectivity index (χ3v) is 3.39. The van der Waals surface area contributed by atoms with Crippen LogP contribution >= 0.6 is 0 Å². The molecule has 7 heteroatoms. The fourth-order valence-electron chi connectivity index (χ4n) is 2.04. The summed E-state index contributed by atoms with van der Waals surface area (Å²) in [5.74, 6) is -1.34. The van der Waals surface area contributed by atoms with Crippen LogP contribution < -0.4 is 5.32 Å². The zero-order chi connectivity index (χ0) is 18.9. The summed E-state index contributed by atoms with van der Waals surface area (Å²) in [6.07, 6.45) is 1.04. The van der Waals surface area contributed by atoms with E-state index < -0.39 is 11.9 Å². The molecule has 0 amide bonds. The number of methoxy groups -OCH3 is 2. The van der Waals surface area contributed by atoms with E-state index in [0.717, 1.165) is 17.3 Å². The van der Waals surface area contributed by atoms with Crippen molar-refractivity contribution in [3.05, 3.63) is 65.9 Å². The smallest absolute Gasteiger partial charge is 0.354 e. The van der Waals surface area contributed by atoms with E-state index in [1.807, 2.05) is 43.3 Å². The molecular weight excluding hydrogens is 334 g/mol. The van der Waals surface area contributed by atoms with E-state index in [4.69, 9.17) is 0 Å². The average Bonchev–Trinajstić information content (AvgIpc) is 2.67. The lowest BCUT2D eigenvalue weighted by molar-refractivity contribution is -0.138. The number of benzene rings is 2. The number of anilines is 1. The Morgan fingerprint density at radius 3 is 2.27 bits per heavy atom. The maximum Gasteiger partial charge on any atom is 0.354 e. The predicted octanol–water partition coefficient (Wildman–Crippen LogP) is 4.05. The Bertz CT molecular complexity index is 845. The van der Waals surface area contributed by atoms with Crippen LogP contribution in [-0.4, -0.2) is 26.2 Å². The quantitative estimate of drug-likeness (QED) is 0.481. The third-order valence-electron chi connectivity index (χ3n) is 3.39. The lowest BCUT2D eigenvalue weighted by Crippen LogP contribution is -2.15. The maximum atomic E-state index is 11.8. The van der Waals surface area contributed by atoms with E-state index in [1.54, 1.807) is 12.1 Å². The molecule has 0 saturated carbocycles. The van der Waals surface area contributed by atoms with Gasteiger partial charge in [0.1, 0.15) is 5.70 Å². The molecule has 134 valence electrons. The highest BCUT2D eigenvalue weighted by molar-refractivity contribution is 5.98. The molecule has 0 bridgehead atoms. The van der Waals surface area contributed by atoms with Gasteiger partial charge < -0.3 is 14.8 Å². The first-order chi connectivity index (χ1) is 12.5. The molecule has 0 unspecified atom stereocenters. The summed E-state index contributed by atoms with van der Waals surface area (Å²) >= 11 is 0. The summed E-state index contributed by atoms with van der Waals surface area (Å²) in [4.78, 5) is 23.2. The topological polar surface area (TPSA) is 89.4 Å². The van der Waals surface area contributed by atoms with Gasteiger partial charge in [-0.05, 0) is 42.8 Å². The van der Waals surface area contributed by atoms with E-state index in [0.29, 0.717) is 11.4 Å². The van der Waals surface area contributed by atoms with Crippen LogP contribution in [0.3, 0.4) is 0 Å². The Morgan fingerprint density at radius 2 is 1.65 bits per heavy atom. The van der Waals surface area contributed by atoms with Crippen molar-refractivity contribution in [2.75, 3.05) is 19.5 Å². The van der Waals surface area contributed by atoms with Crippen molar-refractivity contribution < 1.29 is 19.1 Å². The molecule has 0 atom stereocenters. The first-order valence-corrected chi connectivity index (χ1v) is 7.76. The number of hydrogen-bond donors (Lipinski definition) is 1. The number of nitrogens with one attached hydrogen (secondary N) is 1. The monoisotopic (exact) mass is 353 g/mol. The molecule has 0 aliphatic heterocycles. The number of nitrogens with zero attached hydrogens (tertiary/aromatic N) is 2. The van der Waals surface area contributed by atoms with Crippen LogP contribution in [0, 0.1) is 6.92 Å². The molecule has 2 rings (SSSR count). The average molecular weight is 353 g/mol. The molecule has 26 heavy (non-hydrogen) atoms. The number of azo groups is 1. The summed E-state index contributed by atoms with van der Waals surface area (Å²) in [5.41, 5.74) is 2.83. The van der Waals surface area contributed by atoms with Crippen molar-refractivity contribution in [3.63, 3.8) is 0 Å². The lowest BCUT2D eigenvalue weighted by Gasteiger charge is -2.11. The molecule has 0 aliphatic rings. The van der Waals surface area contributed by atoms with E-state index in [-0.39, 0.29) is 5.70 Å². The van der Waals surface area contributed by atoms with E-state index in [2.05, 4.69) is 25.0 Å². The molecule has 7 nitrogen and oxygen atoms in total. The van der Waals surface area contributed by atoms with Gasteiger partial charge in [-0.2, -0.15) is 10.2 Å². The van der Waals surface area contributed by atoms with Crippen LogP contribution in [0.25, 0.3) is 0 Å². The number of aryl methyl sites for hydroxylation is 1. The largest absolute Gasteiger partial charge is 0.466 e. The fourth-order valence-corrected chi connectivity index (χ4v) is 2.04. The second kappa shape index (κ2) is 9.12. The van der Waals surface area contributed by atoms with Crippen LogP contribution in [0.5, 0.6) is 0 Å². The van der Waals surface area contributed by atoms with Crippen LogP contribution in [0.2, 0.25) is 0 Å². The molecule has 2 aromatic rings. The SMILES string of the molecule is COC(=O)/C=C(/Nc1ccc(N=Nc2ccccc2)cc1C)C(=O)OC. The van der Waals surface area contributed by atoms with Crippen LogP contribution in [0.1, 0.15) is 5.56 Å². The van der Waals surface area contributed by atoms with Crippen molar-refractivity contribution in [1.82, 2.24) is 0 Å². The molecule has 0 aromatic heterocycles. The summed E-state index contributed by atoms with van der Waals surface area (Å²) in [6, 6.07) is 14.7. The Kier molecular flexibility index (Phi) is 6.61. The molecule has 0 spiro atoms. The number of hydrogen-bond acceptors (Lipinski definition) is 7. The zero-order valence-corrected chi connectivity index (χ0v) is 14.7. The van der Waals surface area contributed by atoms with Gasteiger partial charge >= 0.3 is 11.9 Å². The summed E-state index contributed by atoms with van der Waals surface area (Å²) < 4.78 is 9.22. The molecular formula is C19H19N3O4. The van der Waals surface area contributed by atoms with Crippen LogP contribution in [0.15, 0.2) is 70.5 Å². The zero-order valence-electron chi connectivity index (χ0n) is 14.7. The van der Waals surface area contributed by atoms with E-state index in [9.17, 15) is 9.59 Å². The first kappa shape index (κ1) is 18.9. The standard InChI is InChI=1S/C19H19N3O4/c1-13-11-15(22-21-14-7-5-4-6-8-14)9-10-16(13)20-17(19(24)26-3)12-18(23)25-2/h4-12,20H,1-3H3/b17-12+,22-21?. The van der Waals surface area contributed by atoms with Crippen molar-refractivity contribution in [2.24, 2.45) is 10.2 Å². The molecule has 1 N–H and O–H groups in total. The Balaban J connectivity index is 2.20. The summed E-state index contributed by atoms with van der Waals surface area (Å²) in [6.45, 7) is 1.84. The summed E-state index contributed by atoms with van der Waals surface area (Å²) in [5, 5.41) is 11.2. The van der Waals surface area contributed by atoms with Gasteiger partial charge in [-0.3, -0.25) is 0 Å². The minimum atomic E-state index is -0.678. The van der Waals surface area contributed by atoms with Gasteiger partial charge in [0.05, 0.1) is 31.7 Å². The Labute approximate surface area is 151 Å².